The Bertz CT molecular complexity index is 255. The maximum atomic E-state index is 10.3. The molecule has 0 aromatic carbocycles. The van der Waals surface area contributed by atoms with E-state index < -0.39 is 10.1 Å². The molecule has 0 fully saturated rings. The van der Waals surface area contributed by atoms with Gasteiger partial charge in [0, 0.05) is 0 Å². The zero-order chi connectivity index (χ0) is 11.6. The molecular formula is C11H22O3S. The summed E-state index contributed by atoms with van der Waals surface area (Å²) in [5.74, 6) is -0.261. The van der Waals surface area contributed by atoms with E-state index in [1.807, 2.05) is 6.08 Å². The lowest BCUT2D eigenvalue weighted by atomic mass is 10.1. The van der Waals surface area contributed by atoms with E-state index in [0.29, 0.717) is 0 Å². The van der Waals surface area contributed by atoms with Gasteiger partial charge in [-0.05, 0) is 12.8 Å². The zero-order valence-corrected chi connectivity index (χ0v) is 10.3. The first-order chi connectivity index (χ1) is 7.06. The monoisotopic (exact) mass is 234 g/mol. The molecule has 0 heterocycles. The molecule has 0 aromatic heterocycles. The van der Waals surface area contributed by atoms with Crippen LogP contribution in [0.1, 0.15) is 51.9 Å². The molecule has 15 heavy (non-hydrogen) atoms. The normalized spacial score (nSPS) is 12.4. The smallest absolute Gasteiger partial charge is 0.268 e. The second-order valence-electron chi connectivity index (χ2n) is 3.78. The molecule has 0 saturated heterocycles. The van der Waals surface area contributed by atoms with Gasteiger partial charge in [0.15, 0.2) is 0 Å². The summed E-state index contributed by atoms with van der Waals surface area (Å²) in [7, 11) is -3.82. The number of allylic oxidation sites excluding steroid dienone is 1. The number of hydrogen-bond donors (Lipinski definition) is 1. The van der Waals surface area contributed by atoms with Crippen molar-refractivity contribution in [2.24, 2.45) is 0 Å². The summed E-state index contributed by atoms with van der Waals surface area (Å²) in [6.45, 7) is 2.19. The summed E-state index contributed by atoms with van der Waals surface area (Å²) < 4.78 is 29.1. The summed E-state index contributed by atoms with van der Waals surface area (Å²) in [5.41, 5.74) is 0. The summed E-state index contributed by atoms with van der Waals surface area (Å²) in [4.78, 5) is 0. The van der Waals surface area contributed by atoms with Crippen molar-refractivity contribution in [1.29, 1.82) is 0 Å². The summed E-state index contributed by atoms with van der Waals surface area (Å²) >= 11 is 0. The fourth-order valence-electron chi connectivity index (χ4n) is 1.35. The van der Waals surface area contributed by atoms with Gasteiger partial charge in [0.25, 0.3) is 10.1 Å². The van der Waals surface area contributed by atoms with Gasteiger partial charge in [0.2, 0.25) is 0 Å². The van der Waals surface area contributed by atoms with Gasteiger partial charge in [0.1, 0.15) is 0 Å². The minimum absolute atomic E-state index is 0.261. The molecule has 0 aliphatic heterocycles. The lowest BCUT2D eigenvalue weighted by Crippen LogP contribution is -1.99. The number of unbranched alkanes of at least 4 members (excludes halogenated alkanes) is 6. The predicted molar refractivity (Wildman–Crippen MR) is 63.5 cm³/mol. The van der Waals surface area contributed by atoms with E-state index in [2.05, 4.69) is 6.92 Å². The van der Waals surface area contributed by atoms with Gasteiger partial charge in [-0.3, -0.25) is 4.55 Å². The summed E-state index contributed by atoms with van der Waals surface area (Å²) in [6.07, 6.45) is 11.7. The third-order valence-electron chi connectivity index (χ3n) is 2.20. The highest BCUT2D eigenvalue weighted by Crippen LogP contribution is 2.07. The average Bonchev–Trinajstić information content (AvgIpc) is 2.14. The van der Waals surface area contributed by atoms with Crippen molar-refractivity contribution in [2.45, 2.75) is 51.9 Å². The Kier molecular flexibility index (Phi) is 8.71. The van der Waals surface area contributed by atoms with Crippen LogP contribution in [0, 0.1) is 0 Å². The van der Waals surface area contributed by atoms with E-state index in [1.165, 1.54) is 38.2 Å². The van der Waals surface area contributed by atoms with Gasteiger partial charge in [-0.1, -0.05) is 51.2 Å². The minimum atomic E-state index is -3.82. The van der Waals surface area contributed by atoms with Gasteiger partial charge in [-0.2, -0.15) is 8.42 Å². The highest BCUT2D eigenvalue weighted by Gasteiger charge is 1.97. The van der Waals surface area contributed by atoms with Crippen LogP contribution >= 0.6 is 0 Å². The molecule has 0 aliphatic rings. The van der Waals surface area contributed by atoms with Crippen molar-refractivity contribution < 1.29 is 13.0 Å². The Morgan fingerprint density at radius 2 is 1.60 bits per heavy atom. The van der Waals surface area contributed by atoms with Crippen LogP contribution in [0.3, 0.4) is 0 Å². The molecule has 0 atom stereocenters. The van der Waals surface area contributed by atoms with Crippen LogP contribution in [0.25, 0.3) is 0 Å². The highest BCUT2D eigenvalue weighted by atomic mass is 32.2. The SMILES string of the molecule is CCCCCCCCC=CCS(=O)(=O)O. The molecule has 3 nitrogen and oxygen atoms in total. The van der Waals surface area contributed by atoms with Crippen molar-refractivity contribution in [3.63, 3.8) is 0 Å². The summed E-state index contributed by atoms with van der Waals surface area (Å²) in [6, 6.07) is 0. The highest BCUT2D eigenvalue weighted by molar-refractivity contribution is 7.85. The Morgan fingerprint density at radius 3 is 2.20 bits per heavy atom. The van der Waals surface area contributed by atoms with Crippen LogP contribution in [-0.2, 0) is 10.1 Å². The third-order valence-corrected chi connectivity index (χ3v) is 2.81. The number of hydrogen-bond acceptors (Lipinski definition) is 2. The molecule has 0 amide bonds. The minimum Gasteiger partial charge on any atom is -0.285 e. The first-order valence-electron chi connectivity index (χ1n) is 5.66. The Morgan fingerprint density at radius 1 is 1.00 bits per heavy atom. The van der Waals surface area contributed by atoms with Crippen molar-refractivity contribution in [2.75, 3.05) is 5.75 Å². The molecule has 0 aliphatic carbocycles. The van der Waals surface area contributed by atoms with E-state index >= 15 is 0 Å². The quantitative estimate of drug-likeness (QED) is 0.379. The Hall–Kier alpha value is -0.350. The molecule has 0 unspecified atom stereocenters. The van der Waals surface area contributed by atoms with Gasteiger partial charge < -0.3 is 0 Å². The number of rotatable bonds is 9. The predicted octanol–water partition coefficient (Wildman–Crippen LogP) is 3.18. The summed E-state index contributed by atoms with van der Waals surface area (Å²) in [5, 5.41) is 0. The molecule has 0 bridgehead atoms. The molecule has 1 N–H and O–H groups in total. The molecule has 0 spiro atoms. The molecular weight excluding hydrogens is 212 g/mol. The van der Waals surface area contributed by atoms with Crippen LogP contribution < -0.4 is 0 Å². The molecule has 0 aromatic rings. The van der Waals surface area contributed by atoms with Crippen molar-refractivity contribution in [3.05, 3.63) is 12.2 Å². The largest absolute Gasteiger partial charge is 0.285 e. The van der Waals surface area contributed by atoms with Gasteiger partial charge in [-0.15, -0.1) is 0 Å². The van der Waals surface area contributed by atoms with Gasteiger partial charge in [0.05, 0.1) is 5.75 Å². The van der Waals surface area contributed by atoms with Crippen LogP contribution in [0.4, 0.5) is 0 Å². The van der Waals surface area contributed by atoms with Crippen LogP contribution in [0.2, 0.25) is 0 Å². The van der Waals surface area contributed by atoms with E-state index in [4.69, 9.17) is 4.55 Å². The average molecular weight is 234 g/mol. The Balaban J connectivity index is 3.24. The Labute approximate surface area is 93.3 Å². The van der Waals surface area contributed by atoms with Gasteiger partial charge in [-0.25, -0.2) is 0 Å². The molecule has 0 radical (unpaired) electrons. The van der Waals surface area contributed by atoms with Crippen molar-refractivity contribution >= 4 is 10.1 Å². The van der Waals surface area contributed by atoms with E-state index in [-0.39, 0.29) is 5.75 Å². The lowest BCUT2D eigenvalue weighted by molar-refractivity contribution is 0.486. The fraction of sp³-hybridized carbons (Fsp3) is 0.818. The van der Waals surface area contributed by atoms with Crippen LogP contribution in [-0.4, -0.2) is 18.7 Å². The molecule has 0 rings (SSSR count). The van der Waals surface area contributed by atoms with Gasteiger partial charge >= 0.3 is 0 Å². The second-order valence-corrected chi connectivity index (χ2v) is 5.27. The first kappa shape index (κ1) is 14.6. The zero-order valence-electron chi connectivity index (χ0n) is 9.48. The van der Waals surface area contributed by atoms with Crippen molar-refractivity contribution in [1.82, 2.24) is 0 Å². The van der Waals surface area contributed by atoms with Crippen LogP contribution in [0.15, 0.2) is 12.2 Å². The lowest BCUT2D eigenvalue weighted by Gasteiger charge is -1.97. The third kappa shape index (κ3) is 13.7. The topological polar surface area (TPSA) is 54.4 Å². The van der Waals surface area contributed by atoms with E-state index in [0.717, 1.165) is 12.8 Å². The fourth-order valence-corrected chi connectivity index (χ4v) is 1.73. The van der Waals surface area contributed by atoms with Crippen LogP contribution in [0.5, 0.6) is 0 Å². The second kappa shape index (κ2) is 8.92. The molecule has 0 saturated carbocycles. The maximum Gasteiger partial charge on any atom is 0.268 e. The maximum absolute atomic E-state index is 10.3. The van der Waals surface area contributed by atoms with E-state index in [9.17, 15) is 8.42 Å². The molecule has 90 valence electrons. The van der Waals surface area contributed by atoms with Crippen molar-refractivity contribution in [3.8, 4) is 0 Å². The standard InChI is InChI=1S/C11H22O3S/c1-2-3-4-5-6-7-8-9-10-11-15(12,13)14/h9-10H,2-8,11H2,1H3,(H,12,13,14). The van der Waals surface area contributed by atoms with E-state index in [1.54, 1.807) is 0 Å². The molecule has 4 heteroatoms. The first-order valence-corrected chi connectivity index (χ1v) is 7.27.